The Balaban J connectivity index is 2.48. The summed E-state index contributed by atoms with van der Waals surface area (Å²) >= 11 is 2.10. The summed E-state index contributed by atoms with van der Waals surface area (Å²) in [6.45, 7) is 0. The van der Waals surface area contributed by atoms with Crippen molar-refractivity contribution in [2.75, 3.05) is 0 Å². The van der Waals surface area contributed by atoms with Crippen molar-refractivity contribution in [1.29, 1.82) is 0 Å². The third-order valence-corrected chi connectivity index (χ3v) is 2.81. The Morgan fingerprint density at radius 2 is 2.27 bits per heavy atom. The van der Waals surface area contributed by atoms with E-state index < -0.39 is 5.97 Å². The molecule has 0 aliphatic heterocycles. The fourth-order valence-electron chi connectivity index (χ4n) is 1.24. The monoisotopic (exact) mass is 314 g/mol. The standard InChI is InChI=1S/C10H7IN2O2/c11-8-6-7(10(14)15)2-3-9(8)13-5-1-4-12-13/h1-6H,(H,14,15). The zero-order valence-corrected chi connectivity index (χ0v) is 9.75. The lowest BCUT2D eigenvalue weighted by Gasteiger charge is -2.05. The molecule has 2 rings (SSSR count). The van der Waals surface area contributed by atoms with E-state index in [4.69, 9.17) is 5.11 Å². The summed E-state index contributed by atoms with van der Waals surface area (Å²) in [5.74, 6) is -0.917. The Morgan fingerprint density at radius 1 is 1.47 bits per heavy atom. The second-order valence-corrected chi connectivity index (χ2v) is 4.08. The van der Waals surface area contributed by atoms with Gasteiger partial charge in [0, 0.05) is 16.0 Å². The lowest BCUT2D eigenvalue weighted by molar-refractivity contribution is 0.0697. The average molecular weight is 314 g/mol. The summed E-state index contributed by atoms with van der Waals surface area (Å²) in [5.41, 5.74) is 1.17. The smallest absolute Gasteiger partial charge is 0.335 e. The van der Waals surface area contributed by atoms with E-state index in [9.17, 15) is 4.79 Å². The number of rotatable bonds is 2. The molecule has 1 heterocycles. The molecule has 0 fully saturated rings. The lowest BCUT2D eigenvalue weighted by atomic mass is 10.2. The number of carboxylic acid groups (broad SMARTS) is 1. The maximum atomic E-state index is 10.7. The van der Waals surface area contributed by atoms with E-state index in [1.807, 2.05) is 12.3 Å². The van der Waals surface area contributed by atoms with Gasteiger partial charge >= 0.3 is 5.97 Å². The van der Waals surface area contributed by atoms with E-state index >= 15 is 0 Å². The van der Waals surface area contributed by atoms with Crippen LogP contribution >= 0.6 is 22.6 Å². The molecule has 0 atom stereocenters. The second-order valence-electron chi connectivity index (χ2n) is 2.92. The van der Waals surface area contributed by atoms with Gasteiger partial charge in [0.2, 0.25) is 0 Å². The van der Waals surface area contributed by atoms with Gasteiger partial charge in [-0.1, -0.05) is 0 Å². The molecule has 0 radical (unpaired) electrons. The van der Waals surface area contributed by atoms with Crippen molar-refractivity contribution in [2.45, 2.75) is 0 Å². The Labute approximate surface area is 99.7 Å². The summed E-state index contributed by atoms with van der Waals surface area (Å²) < 4.78 is 2.56. The predicted octanol–water partition coefficient (Wildman–Crippen LogP) is 2.18. The normalized spacial score (nSPS) is 10.2. The van der Waals surface area contributed by atoms with Crippen molar-refractivity contribution in [3.8, 4) is 5.69 Å². The molecule has 0 saturated heterocycles. The van der Waals surface area contributed by atoms with Gasteiger partial charge < -0.3 is 5.11 Å². The first-order chi connectivity index (χ1) is 7.18. The number of carbonyl (C=O) groups is 1. The number of halogens is 1. The Bertz CT molecular complexity index is 494. The van der Waals surface area contributed by atoms with E-state index in [2.05, 4.69) is 27.7 Å². The molecule has 76 valence electrons. The van der Waals surface area contributed by atoms with Crippen LogP contribution < -0.4 is 0 Å². The van der Waals surface area contributed by atoms with E-state index in [1.54, 1.807) is 29.1 Å². The zero-order valence-electron chi connectivity index (χ0n) is 7.59. The highest BCUT2D eigenvalue weighted by Gasteiger charge is 2.07. The van der Waals surface area contributed by atoms with Crippen LogP contribution in [0.3, 0.4) is 0 Å². The SMILES string of the molecule is O=C(O)c1ccc(-n2cccn2)c(I)c1. The Hall–Kier alpha value is -1.37. The van der Waals surface area contributed by atoms with E-state index in [-0.39, 0.29) is 5.56 Å². The van der Waals surface area contributed by atoms with Gasteiger partial charge in [-0.05, 0) is 46.9 Å². The number of hydrogen-bond donors (Lipinski definition) is 1. The maximum absolute atomic E-state index is 10.7. The molecule has 4 nitrogen and oxygen atoms in total. The minimum Gasteiger partial charge on any atom is -0.478 e. The lowest BCUT2D eigenvalue weighted by Crippen LogP contribution is -2.01. The van der Waals surface area contributed by atoms with Crippen LogP contribution in [-0.2, 0) is 0 Å². The quantitative estimate of drug-likeness (QED) is 0.865. The predicted molar refractivity (Wildman–Crippen MR) is 63.2 cm³/mol. The van der Waals surface area contributed by atoms with E-state index in [1.165, 1.54) is 0 Å². The maximum Gasteiger partial charge on any atom is 0.335 e. The summed E-state index contributed by atoms with van der Waals surface area (Å²) in [6, 6.07) is 6.76. The average Bonchev–Trinajstić information content (AvgIpc) is 2.70. The van der Waals surface area contributed by atoms with Crippen LogP contribution in [0.5, 0.6) is 0 Å². The molecule has 0 saturated carbocycles. The molecule has 5 heteroatoms. The summed E-state index contributed by atoms with van der Waals surface area (Å²) in [6.07, 6.45) is 3.50. The number of benzene rings is 1. The van der Waals surface area contributed by atoms with Crippen LogP contribution in [-0.4, -0.2) is 20.9 Å². The van der Waals surface area contributed by atoms with Crippen molar-refractivity contribution >= 4 is 28.6 Å². The van der Waals surface area contributed by atoms with Crippen LogP contribution in [0.4, 0.5) is 0 Å². The van der Waals surface area contributed by atoms with Crippen molar-refractivity contribution in [3.05, 3.63) is 45.8 Å². The molecule has 0 unspecified atom stereocenters. The molecule has 1 N–H and O–H groups in total. The Morgan fingerprint density at radius 3 is 2.80 bits per heavy atom. The third kappa shape index (κ3) is 2.01. The largest absolute Gasteiger partial charge is 0.478 e. The van der Waals surface area contributed by atoms with Gasteiger partial charge in [0.05, 0.1) is 11.3 Å². The van der Waals surface area contributed by atoms with Crippen LogP contribution in [0.1, 0.15) is 10.4 Å². The fourth-order valence-corrected chi connectivity index (χ4v) is 2.00. The van der Waals surface area contributed by atoms with Crippen LogP contribution in [0.2, 0.25) is 0 Å². The van der Waals surface area contributed by atoms with Gasteiger partial charge in [-0.15, -0.1) is 0 Å². The highest BCUT2D eigenvalue weighted by Crippen LogP contribution is 2.18. The summed E-state index contributed by atoms with van der Waals surface area (Å²) in [5, 5.41) is 12.9. The number of carboxylic acids is 1. The first-order valence-corrected chi connectivity index (χ1v) is 5.29. The fraction of sp³-hybridized carbons (Fsp3) is 0. The molecule has 15 heavy (non-hydrogen) atoms. The van der Waals surface area contributed by atoms with Crippen molar-refractivity contribution in [2.24, 2.45) is 0 Å². The highest BCUT2D eigenvalue weighted by atomic mass is 127. The summed E-state index contributed by atoms with van der Waals surface area (Å²) in [4.78, 5) is 10.7. The van der Waals surface area contributed by atoms with E-state index in [0.29, 0.717) is 0 Å². The molecule has 1 aromatic heterocycles. The summed E-state index contributed by atoms with van der Waals surface area (Å²) in [7, 11) is 0. The minimum atomic E-state index is -0.917. The van der Waals surface area contributed by atoms with Gasteiger partial charge in [-0.25, -0.2) is 9.48 Å². The zero-order chi connectivity index (χ0) is 10.8. The molecule has 0 spiro atoms. The second kappa shape index (κ2) is 4.01. The van der Waals surface area contributed by atoms with Gasteiger partial charge in [-0.2, -0.15) is 5.10 Å². The molecule has 0 aliphatic rings. The van der Waals surface area contributed by atoms with Crippen molar-refractivity contribution in [3.63, 3.8) is 0 Å². The van der Waals surface area contributed by atoms with Crippen molar-refractivity contribution < 1.29 is 9.90 Å². The van der Waals surface area contributed by atoms with Gasteiger partial charge in [0.15, 0.2) is 0 Å². The first-order valence-electron chi connectivity index (χ1n) is 4.21. The molecule has 1 aromatic carbocycles. The number of aromatic nitrogens is 2. The third-order valence-electron chi connectivity index (χ3n) is 1.95. The number of nitrogens with zero attached hydrogens (tertiary/aromatic N) is 2. The molecule has 0 amide bonds. The van der Waals surface area contributed by atoms with Gasteiger partial charge in [-0.3, -0.25) is 0 Å². The Kier molecular flexibility index (Phi) is 2.72. The van der Waals surface area contributed by atoms with E-state index in [0.717, 1.165) is 9.26 Å². The molecular weight excluding hydrogens is 307 g/mol. The molecular formula is C10H7IN2O2. The molecule has 2 aromatic rings. The van der Waals surface area contributed by atoms with Crippen LogP contribution in [0, 0.1) is 3.57 Å². The minimum absolute atomic E-state index is 0.287. The highest BCUT2D eigenvalue weighted by molar-refractivity contribution is 14.1. The van der Waals surface area contributed by atoms with Crippen LogP contribution in [0.25, 0.3) is 5.69 Å². The van der Waals surface area contributed by atoms with Crippen LogP contribution in [0.15, 0.2) is 36.7 Å². The van der Waals surface area contributed by atoms with Gasteiger partial charge in [0.25, 0.3) is 0 Å². The van der Waals surface area contributed by atoms with Crippen molar-refractivity contribution in [1.82, 2.24) is 9.78 Å². The van der Waals surface area contributed by atoms with Gasteiger partial charge in [0.1, 0.15) is 0 Å². The molecule has 0 bridgehead atoms. The topological polar surface area (TPSA) is 55.1 Å². The first kappa shape index (κ1) is 10.2. The number of hydrogen-bond acceptors (Lipinski definition) is 2. The molecule has 0 aliphatic carbocycles. The number of aromatic carboxylic acids is 1.